The molecule has 1 aromatic carbocycles. The number of rotatable bonds is 4. The Morgan fingerprint density at radius 1 is 1.23 bits per heavy atom. The van der Waals surface area contributed by atoms with Gasteiger partial charge < -0.3 is 5.32 Å². The van der Waals surface area contributed by atoms with Gasteiger partial charge in [0, 0.05) is 12.6 Å². The first-order valence-corrected chi connectivity index (χ1v) is 8.48. The molecule has 0 aromatic heterocycles. The second-order valence-electron chi connectivity index (χ2n) is 5.27. The number of hydrogen-bond acceptors (Lipinski definition) is 4. The maximum Gasteiger partial charge on any atom is 0.324 e. The molecule has 3 amide bonds. The van der Waals surface area contributed by atoms with Crippen LogP contribution in [0, 0.1) is 11.7 Å². The molecule has 8 heteroatoms. The van der Waals surface area contributed by atoms with Crippen LogP contribution < -0.4 is 5.32 Å². The summed E-state index contributed by atoms with van der Waals surface area (Å²) in [7, 11) is -3.92. The van der Waals surface area contributed by atoms with Gasteiger partial charge in [-0.3, -0.25) is 9.69 Å². The van der Waals surface area contributed by atoms with Crippen molar-refractivity contribution in [3.63, 3.8) is 0 Å². The van der Waals surface area contributed by atoms with Crippen LogP contribution in [0.2, 0.25) is 0 Å². The van der Waals surface area contributed by atoms with Gasteiger partial charge in [0.05, 0.1) is 11.7 Å². The van der Waals surface area contributed by atoms with Crippen LogP contribution in [0.3, 0.4) is 0 Å². The number of carbonyl (C=O) groups is 2. The van der Waals surface area contributed by atoms with E-state index in [1.165, 1.54) is 12.1 Å². The smallest absolute Gasteiger partial charge is 0.324 e. The Morgan fingerprint density at radius 3 is 2.50 bits per heavy atom. The van der Waals surface area contributed by atoms with Crippen LogP contribution in [0.4, 0.5) is 9.18 Å². The number of nitrogens with zero attached hydrogens (tertiary/aromatic N) is 1. The standard InChI is InChI=1S/C14H17FN2O4S/c1-9-10(2)16-14(19)17(13(9)18)7-8-22(20,21)12-6-4-3-5-11(12)15/h3-6,9-10H,7-8H2,1-2H3,(H,16,19). The Hall–Kier alpha value is -1.96. The third-order valence-corrected chi connectivity index (χ3v) is 5.48. The number of nitrogens with one attached hydrogen (secondary N) is 1. The molecule has 0 spiro atoms. The third-order valence-electron chi connectivity index (χ3n) is 3.76. The summed E-state index contributed by atoms with van der Waals surface area (Å²) in [4.78, 5) is 24.3. The molecule has 22 heavy (non-hydrogen) atoms. The number of hydrogen-bond donors (Lipinski definition) is 1. The van der Waals surface area contributed by atoms with Crippen LogP contribution in [0.25, 0.3) is 0 Å². The number of halogens is 1. The lowest BCUT2D eigenvalue weighted by Gasteiger charge is -2.34. The first-order valence-electron chi connectivity index (χ1n) is 6.83. The van der Waals surface area contributed by atoms with E-state index in [0.29, 0.717) is 0 Å². The normalized spacial score (nSPS) is 22.6. The molecule has 0 radical (unpaired) electrons. The number of sulfone groups is 1. The molecule has 1 aliphatic rings. The molecule has 6 nitrogen and oxygen atoms in total. The fourth-order valence-corrected chi connectivity index (χ4v) is 3.48. The first-order chi connectivity index (χ1) is 10.2. The van der Waals surface area contributed by atoms with Gasteiger partial charge in [-0.15, -0.1) is 0 Å². The van der Waals surface area contributed by atoms with Gasteiger partial charge in [0.15, 0.2) is 9.84 Å². The molecule has 1 fully saturated rings. The second kappa shape index (κ2) is 6.04. The van der Waals surface area contributed by atoms with Crippen molar-refractivity contribution < 1.29 is 22.4 Å². The van der Waals surface area contributed by atoms with Gasteiger partial charge in [-0.05, 0) is 19.1 Å². The number of urea groups is 1. The third kappa shape index (κ3) is 3.11. The predicted octanol–water partition coefficient (Wildman–Crippen LogP) is 1.18. The summed E-state index contributed by atoms with van der Waals surface area (Å²) in [5, 5.41) is 2.59. The zero-order chi connectivity index (χ0) is 16.5. The molecule has 1 N–H and O–H groups in total. The lowest BCUT2D eigenvalue weighted by atomic mass is 10.00. The Morgan fingerprint density at radius 2 is 1.86 bits per heavy atom. The van der Waals surface area contributed by atoms with E-state index in [1.807, 2.05) is 0 Å². The number of amides is 3. The van der Waals surface area contributed by atoms with Crippen molar-refractivity contribution in [3.8, 4) is 0 Å². The van der Waals surface area contributed by atoms with Gasteiger partial charge in [0.25, 0.3) is 0 Å². The summed E-state index contributed by atoms with van der Waals surface area (Å²) < 4.78 is 37.9. The number of benzene rings is 1. The van der Waals surface area contributed by atoms with Gasteiger partial charge in [0.1, 0.15) is 10.7 Å². The lowest BCUT2D eigenvalue weighted by Crippen LogP contribution is -2.59. The molecule has 1 heterocycles. The maximum atomic E-state index is 13.6. The summed E-state index contributed by atoms with van der Waals surface area (Å²) in [5.74, 6) is -2.23. The van der Waals surface area contributed by atoms with Gasteiger partial charge in [-0.25, -0.2) is 17.6 Å². The SMILES string of the molecule is CC1NC(=O)N(CCS(=O)(=O)c2ccccc2F)C(=O)C1C. The van der Waals surface area contributed by atoms with E-state index in [1.54, 1.807) is 13.8 Å². The monoisotopic (exact) mass is 328 g/mol. The summed E-state index contributed by atoms with van der Waals surface area (Å²) in [5.41, 5.74) is 0. The Balaban J connectivity index is 2.14. The van der Waals surface area contributed by atoms with E-state index in [-0.39, 0.29) is 12.6 Å². The zero-order valence-corrected chi connectivity index (χ0v) is 13.1. The highest BCUT2D eigenvalue weighted by Gasteiger charge is 2.36. The lowest BCUT2D eigenvalue weighted by molar-refractivity contribution is -0.134. The average Bonchev–Trinajstić information content (AvgIpc) is 2.45. The molecule has 2 rings (SSSR count). The number of imide groups is 1. The van der Waals surface area contributed by atoms with Crippen molar-refractivity contribution >= 4 is 21.8 Å². The highest BCUT2D eigenvalue weighted by Crippen LogP contribution is 2.18. The van der Waals surface area contributed by atoms with Gasteiger partial charge >= 0.3 is 6.03 Å². The number of carbonyl (C=O) groups excluding carboxylic acids is 2. The molecule has 120 valence electrons. The zero-order valence-electron chi connectivity index (χ0n) is 12.2. The van der Waals surface area contributed by atoms with Gasteiger partial charge in [-0.1, -0.05) is 19.1 Å². The van der Waals surface area contributed by atoms with Crippen molar-refractivity contribution in [3.05, 3.63) is 30.1 Å². The Bertz CT molecular complexity index is 705. The molecule has 2 atom stereocenters. The van der Waals surface area contributed by atoms with E-state index in [9.17, 15) is 22.4 Å². The van der Waals surface area contributed by atoms with Crippen LogP contribution in [-0.4, -0.2) is 43.6 Å². The second-order valence-corrected chi connectivity index (χ2v) is 7.34. The van der Waals surface area contributed by atoms with E-state index in [2.05, 4.69) is 5.32 Å². The fraction of sp³-hybridized carbons (Fsp3) is 0.429. The summed E-state index contributed by atoms with van der Waals surface area (Å²) >= 11 is 0. The Labute approximate surface area is 128 Å². The van der Waals surface area contributed by atoms with Gasteiger partial charge in [-0.2, -0.15) is 0 Å². The Kier molecular flexibility index (Phi) is 4.50. The molecule has 0 aliphatic carbocycles. The topological polar surface area (TPSA) is 83.6 Å². The molecule has 0 saturated carbocycles. The van der Waals surface area contributed by atoms with Crippen molar-refractivity contribution in [2.24, 2.45) is 5.92 Å². The van der Waals surface area contributed by atoms with E-state index in [0.717, 1.165) is 17.0 Å². The minimum absolute atomic E-state index is 0.306. The van der Waals surface area contributed by atoms with Gasteiger partial charge in [0.2, 0.25) is 5.91 Å². The van der Waals surface area contributed by atoms with Crippen molar-refractivity contribution in [2.45, 2.75) is 24.8 Å². The van der Waals surface area contributed by atoms with Crippen LogP contribution >= 0.6 is 0 Å². The molecule has 1 aliphatic heterocycles. The van der Waals surface area contributed by atoms with E-state index in [4.69, 9.17) is 0 Å². The molecule has 0 bridgehead atoms. The predicted molar refractivity (Wildman–Crippen MR) is 77.3 cm³/mol. The summed E-state index contributed by atoms with van der Waals surface area (Å²) in [6, 6.07) is 4.08. The van der Waals surface area contributed by atoms with Crippen LogP contribution in [0.15, 0.2) is 29.2 Å². The molecule has 1 saturated heterocycles. The highest BCUT2D eigenvalue weighted by molar-refractivity contribution is 7.91. The largest absolute Gasteiger partial charge is 0.334 e. The summed E-state index contributed by atoms with van der Waals surface area (Å²) in [6.45, 7) is 3.05. The summed E-state index contributed by atoms with van der Waals surface area (Å²) in [6.07, 6.45) is 0. The van der Waals surface area contributed by atoms with E-state index >= 15 is 0 Å². The van der Waals surface area contributed by atoms with Crippen molar-refractivity contribution in [2.75, 3.05) is 12.3 Å². The maximum absolute atomic E-state index is 13.6. The van der Waals surface area contributed by atoms with Crippen LogP contribution in [0.1, 0.15) is 13.8 Å². The average molecular weight is 328 g/mol. The first kappa shape index (κ1) is 16.4. The van der Waals surface area contributed by atoms with Crippen molar-refractivity contribution in [1.29, 1.82) is 0 Å². The van der Waals surface area contributed by atoms with Crippen LogP contribution in [0.5, 0.6) is 0 Å². The minimum Gasteiger partial charge on any atom is -0.334 e. The molecular formula is C14H17FN2O4S. The minimum atomic E-state index is -3.92. The fourth-order valence-electron chi connectivity index (χ4n) is 2.19. The molecule has 2 unspecified atom stereocenters. The van der Waals surface area contributed by atoms with Crippen LogP contribution in [-0.2, 0) is 14.6 Å². The quantitative estimate of drug-likeness (QED) is 0.899. The highest BCUT2D eigenvalue weighted by atomic mass is 32.2. The molecular weight excluding hydrogens is 311 g/mol. The van der Waals surface area contributed by atoms with E-state index < -0.39 is 44.2 Å². The van der Waals surface area contributed by atoms with Crippen molar-refractivity contribution in [1.82, 2.24) is 10.2 Å². The molecule has 1 aromatic rings.